The molecule has 5 nitrogen and oxygen atoms in total. The molecule has 1 N–H and O–H groups in total. The van der Waals surface area contributed by atoms with Crippen molar-refractivity contribution in [2.75, 3.05) is 32.2 Å². The Hall–Kier alpha value is -2.40. The number of anilines is 1. The Labute approximate surface area is 155 Å². The molecular weight excluding hydrogens is 330 g/mol. The molecule has 2 atom stereocenters. The van der Waals surface area contributed by atoms with E-state index >= 15 is 0 Å². The van der Waals surface area contributed by atoms with Gasteiger partial charge in [0.25, 0.3) is 0 Å². The Bertz CT molecular complexity index is 685. The van der Waals surface area contributed by atoms with Crippen molar-refractivity contribution in [1.82, 2.24) is 0 Å². The summed E-state index contributed by atoms with van der Waals surface area (Å²) in [6.07, 6.45) is 2.42. The van der Waals surface area contributed by atoms with Gasteiger partial charge < -0.3 is 24.3 Å². The van der Waals surface area contributed by atoms with Gasteiger partial charge in [-0.15, -0.1) is 0 Å². The molecule has 2 unspecified atom stereocenters. The van der Waals surface area contributed by atoms with Gasteiger partial charge in [0.15, 0.2) is 11.5 Å². The molecule has 1 saturated heterocycles. The van der Waals surface area contributed by atoms with Crippen molar-refractivity contribution < 1.29 is 18.9 Å². The molecule has 0 spiro atoms. The van der Waals surface area contributed by atoms with E-state index in [0.29, 0.717) is 13.2 Å². The molecule has 0 saturated carbocycles. The molecule has 0 aliphatic carbocycles. The topological polar surface area (TPSA) is 49.0 Å². The van der Waals surface area contributed by atoms with E-state index < -0.39 is 0 Å². The Morgan fingerprint density at radius 3 is 2.77 bits per heavy atom. The maximum atomic E-state index is 5.97. The highest BCUT2D eigenvalue weighted by molar-refractivity contribution is 5.48. The Morgan fingerprint density at radius 1 is 1.15 bits per heavy atom. The largest absolute Gasteiger partial charge is 0.493 e. The molecule has 2 aromatic rings. The molecule has 0 aromatic heterocycles. The summed E-state index contributed by atoms with van der Waals surface area (Å²) in [5.41, 5.74) is 1.00. The Morgan fingerprint density at radius 2 is 2.00 bits per heavy atom. The number of hydrogen-bond acceptors (Lipinski definition) is 5. The van der Waals surface area contributed by atoms with Gasteiger partial charge in [0.05, 0.1) is 19.8 Å². The van der Waals surface area contributed by atoms with Gasteiger partial charge in [0.1, 0.15) is 18.5 Å². The molecular formula is C21H27NO4. The van der Waals surface area contributed by atoms with Gasteiger partial charge in [-0.1, -0.05) is 18.2 Å². The number of para-hydroxylation sites is 2. The van der Waals surface area contributed by atoms with Crippen molar-refractivity contribution in [3.05, 3.63) is 48.5 Å². The zero-order valence-corrected chi connectivity index (χ0v) is 15.4. The smallest absolute Gasteiger partial charge is 0.161 e. The second-order valence-electron chi connectivity index (χ2n) is 6.43. The summed E-state index contributed by atoms with van der Waals surface area (Å²) in [7, 11) is 1.65. The molecule has 1 heterocycles. The first-order valence-electron chi connectivity index (χ1n) is 9.12. The molecule has 1 aliphatic rings. The first-order chi connectivity index (χ1) is 12.7. The monoisotopic (exact) mass is 357 g/mol. The lowest BCUT2D eigenvalue weighted by Gasteiger charge is -2.18. The van der Waals surface area contributed by atoms with Crippen LogP contribution in [0.25, 0.3) is 0 Å². The van der Waals surface area contributed by atoms with Crippen molar-refractivity contribution >= 4 is 5.69 Å². The van der Waals surface area contributed by atoms with Crippen LogP contribution in [0.5, 0.6) is 17.2 Å². The number of rotatable bonds is 9. The lowest BCUT2D eigenvalue weighted by atomic mass is 10.2. The van der Waals surface area contributed by atoms with Crippen molar-refractivity contribution in [2.24, 2.45) is 0 Å². The second-order valence-corrected chi connectivity index (χ2v) is 6.43. The van der Waals surface area contributed by atoms with Crippen molar-refractivity contribution in [2.45, 2.75) is 32.0 Å². The number of benzene rings is 2. The van der Waals surface area contributed by atoms with E-state index in [1.165, 1.54) is 0 Å². The first-order valence-corrected chi connectivity index (χ1v) is 9.12. The maximum absolute atomic E-state index is 5.97. The highest BCUT2D eigenvalue weighted by Crippen LogP contribution is 2.27. The van der Waals surface area contributed by atoms with Crippen molar-refractivity contribution in [3.8, 4) is 17.2 Å². The average molecular weight is 357 g/mol. The zero-order valence-electron chi connectivity index (χ0n) is 15.4. The molecule has 1 fully saturated rings. The van der Waals surface area contributed by atoms with Crippen LogP contribution in [0.1, 0.15) is 19.8 Å². The standard InChI is InChI=1S/C21H27NO4/c1-16(26-21-11-4-3-10-20(21)23-2)14-22-17-7-5-8-18(13-17)25-15-19-9-6-12-24-19/h3-5,7-8,10-11,13,16,19,22H,6,9,12,14-15H2,1-2H3. The first kappa shape index (κ1) is 18.4. The molecule has 1 aliphatic heterocycles. The van der Waals surface area contributed by atoms with Crippen LogP contribution >= 0.6 is 0 Å². The van der Waals surface area contributed by atoms with Gasteiger partial charge in [-0.3, -0.25) is 0 Å². The van der Waals surface area contributed by atoms with Crippen LogP contribution < -0.4 is 19.5 Å². The molecule has 3 rings (SSSR count). The van der Waals surface area contributed by atoms with E-state index in [1.54, 1.807) is 7.11 Å². The second kappa shape index (κ2) is 9.34. The normalized spacial score (nSPS) is 17.5. The minimum absolute atomic E-state index is 0.0113. The highest BCUT2D eigenvalue weighted by atomic mass is 16.5. The van der Waals surface area contributed by atoms with Gasteiger partial charge in [-0.05, 0) is 44.0 Å². The maximum Gasteiger partial charge on any atom is 0.161 e. The lowest BCUT2D eigenvalue weighted by molar-refractivity contribution is 0.0680. The van der Waals surface area contributed by atoms with Gasteiger partial charge in [0.2, 0.25) is 0 Å². The minimum atomic E-state index is -0.0113. The molecule has 0 amide bonds. The third kappa shape index (κ3) is 5.30. The molecule has 0 radical (unpaired) electrons. The van der Waals surface area contributed by atoms with Crippen LogP contribution in [-0.2, 0) is 4.74 Å². The van der Waals surface area contributed by atoms with Gasteiger partial charge >= 0.3 is 0 Å². The molecule has 140 valence electrons. The summed E-state index contributed by atoms with van der Waals surface area (Å²) < 4.78 is 22.7. The van der Waals surface area contributed by atoms with Crippen molar-refractivity contribution in [3.63, 3.8) is 0 Å². The summed E-state index contributed by atoms with van der Waals surface area (Å²) in [4.78, 5) is 0. The molecule has 0 bridgehead atoms. The summed E-state index contributed by atoms with van der Waals surface area (Å²) in [5.74, 6) is 2.34. The summed E-state index contributed by atoms with van der Waals surface area (Å²) in [6.45, 7) is 4.15. The van der Waals surface area contributed by atoms with Gasteiger partial charge in [-0.25, -0.2) is 0 Å². The lowest BCUT2D eigenvalue weighted by Crippen LogP contribution is -2.23. The third-order valence-electron chi connectivity index (χ3n) is 4.28. The third-order valence-corrected chi connectivity index (χ3v) is 4.28. The van der Waals surface area contributed by atoms with E-state index in [1.807, 2.05) is 55.5 Å². The van der Waals surface area contributed by atoms with Gasteiger partial charge in [-0.2, -0.15) is 0 Å². The Kier molecular flexibility index (Phi) is 6.61. The number of methoxy groups -OCH3 is 1. The van der Waals surface area contributed by atoms with Crippen LogP contribution in [0.4, 0.5) is 5.69 Å². The predicted octanol–water partition coefficient (Wildman–Crippen LogP) is 4.13. The average Bonchev–Trinajstić information content (AvgIpc) is 3.19. The minimum Gasteiger partial charge on any atom is -0.493 e. The number of nitrogens with one attached hydrogen (secondary N) is 1. The van der Waals surface area contributed by atoms with E-state index in [4.69, 9.17) is 18.9 Å². The van der Waals surface area contributed by atoms with Crippen LogP contribution in [0.2, 0.25) is 0 Å². The summed E-state index contributed by atoms with van der Waals surface area (Å²) in [6, 6.07) is 15.6. The zero-order chi connectivity index (χ0) is 18.2. The molecule has 5 heteroatoms. The van der Waals surface area contributed by atoms with E-state index in [-0.39, 0.29) is 12.2 Å². The van der Waals surface area contributed by atoms with E-state index in [2.05, 4.69) is 5.32 Å². The number of hydrogen-bond donors (Lipinski definition) is 1. The fourth-order valence-electron chi connectivity index (χ4n) is 2.90. The Balaban J connectivity index is 1.48. The molecule has 26 heavy (non-hydrogen) atoms. The fraction of sp³-hybridized carbons (Fsp3) is 0.429. The van der Waals surface area contributed by atoms with E-state index in [9.17, 15) is 0 Å². The highest BCUT2D eigenvalue weighted by Gasteiger charge is 2.16. The van der Waals surface area contributed by atoms with Gasteiger partial charge in [0, 0.05) is 18.4 Å². The van der Waals surface area contributed by atoms with E-state index in [0.717, 1.165) is 42.4 Å². The SMILES string of the molecule is COc1ccccc1OC(C)CNc1cccc(OCC2CCCO2)c1. The van der Waals surface area contributed by atoms with Crippen LogP contribution in [0.3, 0.4) is 0 Å². The van der Waals surface area contributed by atoms with Crippen LogP contribution in [0.15, 0.2) is 48.5 Å². The van der Waals surface area contributed by atoms with Crippen LogP contribution in [0, 0.1) is 0 Å². The summed E-state index contributed by atoms with van der Waals surface area (Å²) in [5, 5.41) is 3.39. The van der Waals surface area contributed by atoms with Crippen LogP contribution in [-0.4, -0.2) is 39.1 Å². The molecule has 2 aromatic carbocycles. The quantitative estimate of drug-likeness (QED) is 0.731. The summed E-state index contributed by atoms with van der Waals surface area (Å²) >= 11 is 0. The fourth-order valence-corrected chi connectivity index (χ4v) is 2.90. The van der Waals surface area contributed by atoms with Crippen molar-refractivity contribution in [1.29, 1.82) is 0 Å². The number of ether oxygens (including phenoxy) is 4. The predicted molar refractivity (Wildman–Crippen MR) is 102 cm³/mol.